The van der Waals surface area contributed by atoms with Crippen molar-refractivity contribution in [3.63, 3.8) is 0 Å². The number of nitrogens with zero attached hydrogens (tertiary/aromatic N) is 5. The van der Waals surface area contributed by atoms with Gasteiger partial charge in [0.05, 0.1) is 11.7 Å². The number of pyridine rings is 1. The minimum atomic E-state index is -0.708. The maximum Gasteiger partial charge on any atom is 0.312 e. The predicted octanol–water partition coefficient (Wildman–Crippen LogP) is 1.93. The van der Waals surface area contributed by atoms with Crippen LogP contribution in [0, 0.1) is 5.82 Å². The van der Waals surface area contributed by atoms with Crippen LogP contribution in [0.15, 0.2) is 61.2 Å². The molecule has 1 unspecified atom stereocenters. The van der Waals surface area contributed by atoms with Gasteiger partial charge < -0.3 is 15.1 Å². The van der Waals surface area contributed by atoms with E-state index in [1.165, 1.54) is 12.1 Å². The topological polar surface area (TPSA) is 83.4 Å². The number of amides is 2. The Morgan fingerprint density at radius 3 is 2.48 bits per heavy atom. The Hall–Kier alpha value is -3.75. The number of carbonyl (C=O) groups excluding carboxylic acids is 2. The third-order valence-corrected chi connectivity index (χ3v) is 5.34. The van der Waals surface area contributed by atoms with Gasteiger partial charge in [-0.2, -0.15) is 5.10 Å². The van der Waals surface area contributed by atoms with Gasteiger partial charge in [-0.15, -0.1) is 0 Å². The van der Waals surface area contributed by atoms with Gasteiger partial charge >= 0.3 is 11.8 Å². The molecule has 1 aromatic carbocycles. The van der Waals surface area contributed by atoms with Crippen LogP contribution < -0.4 is 10.2 Å². The standard InChI is InChI=1S/C22H23FN6O2/c1-16(19-15-17(23)3-4-20(19)29-10-2-7-25-29)26-21(30)22(31)28-13-11-27(12-14-28)18-5-8-24-9-6-18/h2-10,15-16H,11-14H2,1H3,(H,26,30). The van der Waals surface area contributed by atoms with Crippen LogP contribution in [0.5, 0.6) is 0 Å². The monoisotopic (exact) mass is 422 g/mol. The van der Waals surface area contributed by atoms with Crippen molar-refractivity contribution in [2.24, 2.45) is 0 Å². The van der Waals surface area contributed by atoms with Gasteiger partial charge in [-0.3, -0.25) is 14.6 Å². The van der Waals surface area contributed by atoms with Crippen molar-refractivity contribution in [1.82, 2.24) is 25.0 Å². The van der Waals surface area contributed by atoms with Crippen LogP contribution in [0.3, 0.4) is 0 Å². The number of anilines is 1. The van der Waals surface area contributed by atoms with Gasteiger partial charge in [0.15, 0.2) is 0 Å². The Balaban J connectivity index is 1.40. The second kappa shape index (κ2) is 8.95. The Morgan fingerprint density at radius 2 is 1.81 bits per heavy atom. The lowest BCUT2D eigenvalue weighted by Gasteiger charge is -2.35. The van der Waals surface area contributed by atoms with Crippen molar-refractivity contribution < 1.29 is 14.0 Å². The number of aromatic nitrogens is 3. The molecule has 8 nitrogen and oxygen atoms in total. The summed E-state index contributed by atoms with van der Waals surface area (Å²) in [5.74, 6) is -1.72. The van der Waals surface area contributed by atoms with Crippen molar-refractivity contribution in [2.45, 2.75) is 13.0 Å². The Bertz CT molecular complexity index is 1050. The van der Waals surface area contributed by atoms with E-state index in [0.717, 1.165) is 5.69 Å². The van der Waals surface area contributed by atoms with Crippen LogP contribution >= 0.6 is 0 Å². The largest absolute Gasteiger partial charge is 0.368 e. The normalized spacial score (nSPS) is 14.9. The number of benzene rings is 1. The lowest BCUT2D eigenvalue weighted by Crippen LogP contribution is -2.53. The summed E-state index contributed by atoms with van der Waals surface area (Å²) in [6.07, 6.45) is 6.81. The first kappa shape index (κ1) is 20.5. The van der Waals surface area contributed by atoms with Gasteiger partial charge in [0, 0.05) is 62.2 Å². The highest BCUT2D eigenvalue weighted by Gasteiger charge is 2.27. The maximum atomic E-state index is 13.9. The Morgan fingerprint density at radius 1 is 1.06 bits per heavy atom. The number of piperazine rings is 1. The van der Waals surface area contributed by atoms with Gasteiger partial charge in [0.1, 0.15) is 5.82 Å². The molecule has 3 heterocycles. The van der Waals surface area contributed by atoms with E-state index >= 15 is 0 Å². The van der Waals surface area contributed by atoms with E-state index in [1.54, 1.807) is 53.4 Å². The third-order valence-electron chi connectivity index (χ3n) is 5.34. The molecule has 3 aromatic rings. The van der Waals surface area contributed by atoms with Gasteiger partial charge in [-0.1, -0.05) is 0 Å². The number of carbonyl (C=O) groups is 2. The lowest BCUT2D eigenvalue weighted by atomic mass is 10.1. The molecule has 2 aromatic heterocycles. The second-order valence-corrected chi connectivity index (χ2v) is 7.33. The predicted molar refractivity (Wildman–Crippen MR) is 113 cm³/mol. The minimum absolute atomic E-state index is 0.425. The van der Waals surface area contributed by atoms with Crippen LogP contribution in [0.1, 0.15) is 18.5 Å². The van der Waals surface area contributed by atoms with E-state index in [2.05, 4.69) is 20.3 Å². The number of nitrogens with one attached hydrogen (secondary N) is 1. The molecule has 9 heteroatoms. The van der Waals surface area contributed by atoms with Gasteiger partial charge in [-0.05, 0) is 43.3 Å². The van der Waals surface area contributed by atoms with Gasteiger partial charge in [-0.25, -0.2) is 9.07 Å². The van der Waals surface area contributed by atoms with E-state index in [4.69, 9.17) is 0 Å². The third kappa shape index (κ3) is 4.55. The summed E-state index contributed by atoms with van der Waals surface area (Å²) in [7, 11) is 0. The second-order valence-electron chi connectivity index (χ2n) is 7.33. The van der Waals surface area contributed by atoms with E-state index in [-0.39, 0.29) is 0 Å². The van der Waals surface area contributed by atoms with E-state index in [9.17, 15) is 14.0 Å². The molecule has 1 N–H and O–H groups in total. The van der Waals surface area contributed by atoms with Crippen LogP contribution in [-0.4, -0.2) is 57.7 Å². The molecule has 0 bridgehead atoms. The molecule has 0 radical (unpaired) electrons. The van der Waals surface area contributed by atoms with Crippen LogP contribution in [0.25, 0.3) is 5.69 Å². The quantitative estimate of drug-likeness (QED) is 0.650. The molecule has 0 aliphatic carbocycles. The van der Waals surface area contributed by atoms with Gasteiger partial charge in [0.25, 0.3) is 0 Å². The molecule has 2 amide bonds. The SMILES string of the molecule is CC(NC(=O)C(=O)N1CCN(c2ccncc2)CC1)c1cc(F)ccc1-n1cccn1. The smallest absolute Gasteiger partial charge is 0.312 e. The molecule has 1 saturated heterocycles. The lowest BCUT2D eigenvalue weighted by molar-refractivity contribution is -0.146. The first-order valence-corrected chi connectivity index (χ1v) is 10.1. The van der Waals surface area contributed by atoms with E-state index in [0.29, 0.717) is 37.4 Å². The fraction of sp³-hybridized carbons (Fsp3) is 0.273. The molecule has 160 valence electrons. The fourth-order valence-electron chi connectivity index (χ4n) is 3.69. The molecule has 1 aliphatic heterocycles. The summed E-state index contributed by atoms with van der Waals surface area (Å²) in [6, 6.07) is 9.29. The minimum Gasteiger partial charge on any atom is -0.368 e. The molecule has 0 saturated carbocycles. The van der Waals surface area contributed by atoms with Crippen LogP contribution in [0.2, 0.25) is 0 Å². The molecule has 1 atom stereocenters. The highest BCUT2D eigenvalue weighted by atomic mass is 19.1. The zero-order valence-corrected chi connectivity index (χ0v) is 17.1. The molecule has 1 fully saturated rings. The molecular formula is C22H23FN6O2. The van der Waals surface area contributed by atoms with E-state index < -0.39 is 23.7 Å². The Kier molecular flexibility index (Phi) is 5.92. The number of hydrogen-bond donors (Lipinski definition) is 1. The zero-order valence-electron chi connectivity index (χ0n) is 17.1. The summed E-state index contributed by atoms with van der Waals surface area (Å²) < 4.78 is 15.5. The number of hydrogen-bond acceptors (Lipinski definition) is 5. The molecule has 31 heavy (non-hydrogen) atoms. The molecular weight excluding hydrogens is 399 g/mol. The van der Waals surface area contributed by atoms with Crippen molar-refractivity contribution in [2.75, 3.05) is 31.1 Å². The highest BCUT2D eigenvalue weighted by Crippen LogP contribution is 2.23. The van der Waals surface area contributed by atoms with Crippen LogP contribution in [0.4, 0.5) is 10.1 Å². The maximum absolute atomic E-state index is 13.9. The van der Waals surface area contributed by atoms with Gasteiger partial charge in [0.2, 0.25) is 0 Å². The van der Waals surface area contributed by atoms with Crippen molar-refractivity contribution in [1.29, 1.82) is 0 Å². The molecule has 4 rings (SSSR count). The zero-order chi connectivity index (χ0) is 21.8. The molecule has 1 aliphatic rings. The van der Waals surface area contributed by atoms with Crippen molar-refractivity contribution in [3.05, 3.63) is 72.6 Å². The number of halogens is 1. The average Bonchev–Trinajstić information content (AvgIpc) is 3.34. The van der Waals surface area contributed by atoms with Crippen molar-refractivity contribution in [3.8, 4) is 5.69 Å². The van der Waals surface area contributed by atoms with Crippen LogP contribution in [-0.2, 0) is 9.59 Å². The fourth-order valence-corrected chi connectivity index (χ4v) is 3.69. The summed E-state index contributed by atoms with van der Waals surface area (Å²) >= 11 is 0. The number of rotatable bonds is 4. The van der Waals surface area contributed by atoms with Crippen molar-refractivity contribution >= 4 is 17.5 Å². The highest BCUT2D eigenvalue weighted by molar-refractivity contribution is 6.35. The summed E-state index contributed by atoms with van der Waals surface area (Å²) in [4.78, 5) is 33.0. The average molecular weight is 422 g/mol. The summed E-state index contributed by atoms with van der Waals surface area (Å²) in [5.41, 5.74) is 2.21. The first-order chi connectivity index (χ1) is 15.0. The summed E-state index contributed by atoms with van der Waals surface area (Å²) in [5, 5.41) is 6.88. The Labute approximate surface area is 179 Å². The molecule has 0 spiro atoms. The van der Waals surface area contributed by atoms with E-state index in [1.807, 2.05) is 12.1 Å². The summed E-state index contributed by atoms with van der Waals surface area (Å²) in [6.45, 7) is 3.87. The first-order valence-electron chi connectivity index (χ1n) is 10.1.